The molecular formula is C20H17N3O4. The van der Waals surface area contributed by atoms with Crippen LogP contribution >= 0.6 is 0 Å². The average Bonchev–Trinajstić information content (AvgIpc) is 3.15. The van der Waals surface area contributed by atoms with Crippen molar-refractivity contribution in [1.82, 2.24) is 9.88 Å². The smallest absolute Gasteiger partial charge is 0.282 e. The molecule has 1 atom stereocenters. The summed E-state index contributed by atoms with van der Waals surface area (Å²) in [6.07, 6.45) is 0.464. The first-order chi connectivity index (χ1) is 13.1. The van der Waals surface area contributed by atoms with Gasteiger partial charge in [-0.1, -0.05) is 30.3 Å². The van der Waals surface area contributed by atoms with Crippen LogP contribution in [0.15, 0.2) is 60.7 Å². The van der Waals surface area contributed by atoms with Crippen molar-refractivity contribution in [3.63, 3.8) is 0 Å². The second kappa shape index (κ2) is 7.03. The molecule has 0 N–H and O–H groups in total. The number of hydrogen-bond donors (Lipinski definition) is 0. The average molecular weight is 363 g/mol. The molecule has 2 heterocycles. The number of aromatic nitrogens is 1. The lowest BCUT2D eigenvalue weighted by atomic mass is 10.1. The molecule has 136 valence electrons. The van der Waals surface area contributed by atoms with Gasteiger partial charge in [-0.05, 0) is 18.2 Å². The van der Waals surface area contributed by atoms with E-state index in [9.17, 15) is 14.9 Å². The SMILES string of the molecule is O=C(c1ccccc1[N+](=O)[O-])N1CCC(Oc2ccc3ccccc3n2)C1. The second-order valence-electron chi connectivity index (χ2n) is 6.40. The van der Waals surface area contributed by atoms with E-state index in [0.717, 1.165) is 10.9 Å². The fourth-order valence-corrected chi connectivity index (χ4v) is 3.28. The molecule has 27 heavy (non-hydrogen) atoms. The van der Waals surface area contributed by atoms with Gasteiger partial charge in [0.05, 0.1) is 17.0 Å². The van der Waals surface area contributed by atoms with Crippen LogP contribution in [0.25, 0.3) is 10.9 Å². The number of fused-ring (bicyclic) bond motifs is 1. The summed E-state index contributed by atoms with van der Waals surface area (Å²) >= 11 is 0. The minimum Gasteiger partial charge on any atom is -0.472 e. The Labute approximate surface area is 155 Å². The highest BCUT2D eigenvalue weighted by molar-refractivity contribution is 5.98. The zero-order valence-electron chi connectivity index (χ0n) is 14.4. The monoisotopic (exact) mass is 363 g/mol. The van der Waals surface area contributed by atoms with Crippen LogP contribution in [0.3, 0.4) is 0 Å². The number of ether oxygens (including phenoxy) is 1. The zero-order chi connectivity index (χ0) is 18.8. The number of carbonyl (C=O) groups is 1. The topological polar surface area (TPSA) is 85.6 Å². The number of amides is 1. The van der Waals surface area contributed by atoms with Crippen LogP contribution in [-0.4, -0.2) is 39.9 Å². The van der Waals surface area contributed by atoms with Gasteiger partial charge in [0.2, 0.25) is 5.88 Å². The predicted octanol–water partition coefficient (Wildman–Crippen LogP) is 3.44. The number of nitrogens with zero attached hydrogens (tertiary/aromatic N) is 3. The molecule has 7 heteroatoms. The standard InChI is InChI=1S/C20H17N3O4/c24-20(16-6-2-4-8-18(16)23(25)26)22-12-11-15(13-22)27-19-10-9-14-5-1-3-7-17(14)21-19/h1-10,15H,11-13H2. The highest BCUT2D eigenvalue weighted by Crippen LogP contribution is 2.24. The maximum absolute atomic E-state index is 12.7. The van der Waals surface area contributed by atoms with E-state index in [2.05, 4.69) is 4.98 Å². The zero-order valence-corrected chi connectivity index (χ0v) is 14.4. The summed E-state index contributed by atoms with van der Waals surface area (Å²) in [6, 6.07) is 17.5. The number of nitro groups is 1. The van der Waals surface area contributed by atoms with Gasteiger partial charge in [0.25, 0.3) is 11.6 Å². The summed E-state index contributed by atoms with van der Waals surface area (Å²) in [7, 11) is 0. The van der Waals surface area contributed by atoms with Crippen molar-refractivity contribution < 1.29 is 14.5 Å². The summed E-state index contributed by atoms with van der Waals surface area (Å²) in [4.78, 5) is 29.4. The Kier molecular flexibility index (Phi) is 4.42. The number of rotatable bonds is 4. The molecule has 0 saturated carbocycles. The fourth-order valence-electron chi connectivity index (χ4n) is 3.28. The van der Waals surface area contributed by atoms with Crippen molar-refractivity contribution in [3.8, 4) is 5.88 Å². The van der Waals surface area contributed by atoms with Crippen molar-refractivity contribution >= 4 is 22.5 Å². The quantitative estimate of drug-likeness (QED) is 0.524. The van der Waals surface area contributed by atoms with E-state index in [-0.39, 0.29) is 23.3 Å². The lowest BCUT2D eigenvalue weighted by molar-refractivity contribution is -0.385. The highest BCUT2D eigenvalue weighted by Gasteiger charge is 2.31. The summed E-state index contributed by atoms with van der Waals surface area (Å²) in [5, 5.41) is 12.2. The molecule has 1 aliphatic heterocycles. The Morgan fingerprint density at radius 2 is 1.89 bits per heavy atom. The van der Waals surface area contributed by atoms with Gasteiger partial charge in [0, 0.05) is 30.5 Å². The van der Waals surface area contributed by atoms with Gasteiger partial charge in [0.1, 0.15) is 11.7 Å². The number of nitro benzene ring substituents is 1. The Bertz CT molecular complexity index is 1020. The van der Waals surface area contributed by atoms with Gasteiger partial charge in [-0.25, -0.2) is 4.98 Å². The summed E-state index contributed by atoms with van der Waals surface area (Å²) in [5.41, 5.74) is 0.774. The van der Waals surface area contributed by atoms with Crippen LogP contribution in [0.5, 0.6) is 5.88 Å². The molecule has 4 rings (SSSR count). The van der Waals surface area contributed by atoms with Crippen molar-refractivity contribution in [2.24, 2.45) is 0 Å². The van der Waals surface area contributed by atoms with E-state index in [0.29, 0.717) is 25.4 Å². The van der Waals surface area contributed by atoms with Crippen molar-refractivity contribution in [3.05, 3.63) is 76.3 Å². The fraction of sp³-hybridized carbons (Fsp3) is 0.200. The van der Waals surface area contributed by atoms with Crippen molar-refractivity contribution in [2.75, 3.05) is 13.1 Å². The molecule has 0 aliphatic carbocycles. The van der Waals surface area contributed by atoms with E-state index in [4.69, 9.17) is 4.74 Å². The van der Waals surface area contributed by atoms with Crippen LogP contribution in [-0.2, 0) is 0 Å². The lowest BCUT2D eigenvalue weighted by Crippen LogP contribution is -2.31. The van der Waals surface area contributed by atoms with Crippen LogP contribution in [0.4, 0.5) is 5.69 Å². The van der Waals surface area contributed by atoms with E-state index >= 15 is 0 Å². The first kappa shape index (κ1) is 17.0. The van der Waals surface area contributed by atoms with Gasteiger partial charge in [-0.3, -0.25) is 14.9 Å². The highest BCUT2D eigenvalue weighted by atomic mass is 16.6. The van der Waals surface area contributed by atoms with Crippen LogP contribution in [0.1, 0.15) is 16.8 Å². The van der Waals surface area contributed by atoms with Crippen molar-refractivity contribution in [1.29, 1.82) is 0 Å². The minimum absolute atomic E-state index is 0.104. The second-order valence-corrected chi connectivity index (χ2v) is 6.40. The molecule has 0 spiro atoms. The number of pyridine rings is 1. The molecular weight excluding hydrogens is 346 g/mol. The molecule has 0 radical (unpaired) electrons. The number of benzene rings is 2. The molecule has 1 aromatic heterocycles. The molecule has 0 bridgehead atoms. The third kappa shape index (κ3) is 3.44. The maximum atomic E-state index is 12.7. The summed E-state index contributed by atoms with van der Waals surface area (Å²) in [6.45, 7) is 0.864. The van der Waals surface area contributed by atoms with Gasteiger partial charge in [-0.2, -0.15) is 0 Å². The normalized spacial score (nSPS) is 16.4. The van der Waals surface area contributed by atoms with E-state index in [1.54, 1.807) is 17.0 Å². The van der Waals surface area contributed by atoms with Crippen LogP contribution < -0.4 is 4.74 Å². The number of likely N-dealkylation sites (tertiary alicyclic amines) is 1. The van der Waals surface area contributed by atoms with Gasteiger partial charge in [-0.15, -0.1) is 0 Å². The van der Waals surface area contributed by atoms with E-state index < -0.39 is 4.92 Å². The molecule has 7 nitrogen and oxygen atoms in total. The van der Waals surface area contributed by atoms with Crippen molar-refractivity contribution in [2.45, 2.75) is 12.5 Å². The molecule has 1 unspecified atom stereocenters. The van der Waals surface area contributed by atoms with Crippen LogP contribution in [0.2, 0.25) is 0 Å². The first-order valence-electron chi connectivity index (χ1n) is 8.67. The molecule has 1 fully saturated rings. The number of carbonyl (C=O) groups excluding carboxylic acids is 1. The molecule has 1 amide bonds. The molecule has 3 aromatic rings. The number of para-hydroxylation sites is 2. The van der Waals surface area contributed by atoms with E-state index in [1.807, 2.05) is 36.4 Å². The molecule has 1 saturated heterocycles. The summed E-state index contributed by atoms with van der Waals surface area (Å²) < 4.78 is 5.94. The maximum Gasteiger partial charge on any atom is 0.282 e. The Hall–Kier alpha value is -3.48. The molecule has 1 aliphatic rings. The Morgan fingerprint density at radius 1 is 1.11 bits per heavy atom. The lowest BCUT2D eigenvalue weighted by Gasteiger charge is -2.17. The predicted molar refractivity (Wildman–Crippen MR) is 99.8 cm³/mol. The Morgan fingerprint density at radius 3 is 2.74 bits per heavy atom. The van der Waals surface area contributed by atoms with Gasteiger partial charge >= 0.3 is 0 Å². The Balaban J connectivity index is 1.47. The first-order valence-corrected chi connectivity index (χ1v) is 8.67. The third-order valence-corrected chi connectivity index (χ3v) is 4.62. The minimum atomic E-state index is -0.531. The largest absolute Gasteiger partial charge is 0.472 e. The van der Waals surface area contributed by atoms with E-state index in [1.165, 1.54) is 12.1 Å². The number of hydrogen-bond acceptors (Lipinski definition) is 5. The van der Waals surface area contributed by atoms with Gasteiger partial charge < -0.3 is 9.64 Å². The third-order valence-electron chi connectivity index (χ3n) is 4.62. The summed E-state index contributed by atoms with van der Waals surface area (Å²) in [5.74, 6) is 0.165. The van der Waals surface area contributed by atoms with Crippen LogP contribution in [0, 0.1) is 10.1 Å². The van der Waals surface area contributed by atoms with Gasteiger partial charge in [0.15, 0.2) is 0 Å². The molecule has 2 aromatic carbocycles.